The number of benzene rings is 1. The Kier molecular flexibility index (Phi) is 5.57. The van der Waals surface area contributed by atoms with Crippen LogP contribution in [-0.2, 0) is 16.2 Å². The van der Waals surface area contributed by atoms with Gasteiger partial charge in [0.05, 0.1) is 23.1 Å². The molecule has 166 valence electrons. The van der Waals surface area contributed by atoms with Crippen molar-refractivity contribution in [2.45, 2.75) is 23.6 Å². The first-order chi connectivity index (χ1) is 15.2. The van der Waals surface area contributed by atoms with Crippen LogP contribution < -0.4 is 4.74 Å². The van der Waals surface area contributed by atoms with E-state index in [2.05, 4.69) is 19.6 Å². The predicted octanol–water partition coefficient (Wildman–Crippen LogP) is 2.86. The third kappa shape index (κ3) is 4.41. The first-order valence-corrected chi connectivity index (χ1v) is 10.6. The van der Waals surface area contributed by atoms with Crippen molar-refractivity contribution in [2.24, 2.45) is 0 Å². The third-order valence-electron chi connectivity index (χ3n) is 4.68. The summed E-state index contributed by atoms with van der Waals surface area (Å²) in [6.07, 6.45) is -3.53. The molecule has 4 rings (SSSR count). The second-order valence-corrected chi connectivity index (χ2v) is 8.77. The number of hydrogen-bond donors (Lipinski definition) is 0. The summed E-state index contributed by atoms with van der Waals surface area (Å²) in [6, 6.07) is 10.4. The topological polar surface area (TPSA) is 122 Å². The molecule has 1 aliphatic heterocycles. The lowest BCUT2D eigenvalue weighted by Crippen LogP contribution is -2.31. The summed E-state index contributed by atoms with van der Waals surface area (Å²) in [5, 5.41) is 12.1. The minimum atomic E-state index is -4.74. The number of hydrogen-bond acceptors (Lipinski definition) is 8. The molecule has 0 unspecified atom stereocenters. The smallest absolute Gasteiger partial charge is 0.471 e. The molecule has 1 aromatic carbocycles. The highest BCUT2D eigenvalue weighted by Gasteiger charge is 2.38. The zero-order chi connectivity index (χ0) is 22.9. The molecule has 1 fully saturated rings. The van der Waals surface area contributed by atoms with Gasteiger partial charge in [0.15, 0.2) is 0 Å². The zero-order valence-corrected chi connectivity index (χ0v) is 17.0. The second kappa shape index (κ2) is 8.21. The van der Waals surface area contributed by atoms with Crippen molar-refractivity contribution in [1.29, 1.82) is 5.26 Å². The molecule has 2 aromatic heterocycles. The van der Waals surface area contributed by atoms with Crippen LogP contribution in [-0.4, -0.2) is 47.0 Å². The number of sulfonamides is 1. The quantitative estimate of drug-likeness (QED) is 0.564. The van der Waals surface area contributed by atoms with Gasteiger partial charge in [-0.25, -0.2) is 13.4 Å². The van der Waals surface area contributed by atoms with Gasteiger partial charge in [0.1, 0.15) is 6.10 Å². The lowest BCUT2D eigenvalue weighted by molar-refractivity contribution is -0.159. The number of alkyl halides is 3. The molecule has 0 amide bonds. The van der Waals surface area contributed by atoms with Gasteiger partial charge in [-0.3, -0.25) is 0 Å². The molecule has 32 heavy (non-hydrogen) atoms. The van der Waals surface area contributed by atoms with E-state index in [4.69, 9.17) is 10.00 Å². The van der Waals surface area contributed by atoms with Crippen LogP contribution >= 0.6 is 0 Å². The SMILES string of the molecule is N#Cc1ccc(S(=O)(=O)N2CC[C@@H](Oc3ccc(-c4noc(C(F)(F)F)n4)cn3)C2)cc1. The fraction of sp³-hybridized carbons (Fsp3) is 0.263. The second-order valence-electron chi connectivity index (χ2n) is 6.83. The van der Waals surface area contributed by atoms with Crippen LogP contribution in [0.5, 0.6) is 5.88 Å². The van der Waals surface area contributed by atoms with Crippen molar-refractivity contribution < 1.29 is 30.8 Å². The molecule has 1 aliphatic rings. The Morgan fingerprint density at radius 1 is 1.19 bits per heavy atom. The summed E-state index contributed by atoms with van der Waals surface area (Å²) < 4.78 is 74.5. The maximum atomic E-state index is 12.8. The normalized spacial score (nSPS) is 17.2. The highest BCUT2D eigenvalue weighted by molar-refractivity contribution is 7.89. The van der Waals surface area contributed by atoms with E-state index >= 15 is 0 Å². The number of halogens is 3. The lowest BCUT2D eigenvalue weighted by atomic mass is 10.2. The molecule has 0 saturated carbocycles. The molecule has 1 saturated heterocycles. The molecule has 0 aliphatic carbocycles. The summed E-state index contributed by atoms with van der Waals surface area (Å²) in [5.41, 5.74) is 0.560. The molecular formula is C19H14F3N5O4S. The van der Waals surface area contributed by atoms with Gasteiger partial charge in [0, 0.05) is 24.4 Å². The average Bonchev–Trinajstić information content (AvgIpc) is 3.45. The van der Waals surface area contributed by atoms with Crippen LogP contribution in [0.3, 0.4) is 0 Å². The lowest BCUT2D eigenvalue weighted by Gasteiger charge is -2.17. The van der Waals surface area contributed by atoms with Crippen molar-refractivity contribution in [2.75, 3.05) is 13.1 Å². The molecule has 13 heteroatoms. The highest BCUT2D eigenvalue weighted by Crippen LogP contribution is 2.30. The Balaban J connectivity index is 1.40. The van der Waals surface area contributed by atoms with E-state index < -0.39 is 28.2 Å². The molecular weight excluding hydrogens is 451 g/mol. The Morgan fingerprint density at radius 3 is 2.53 bits per heavy atom. The van der Waals surface area contributed by atoms with Crippen LogP contribution in [0.25, 0.3) is 11.4 Å². The highest BCUT2D eigenvalue weighted by atomic mass is 32.2. The van der Waals surface area contributed by atoms with Crippen LogP contribution in [0.1, 0.15) is 17.9 Å². The van der Waals surface area contributed by atoms with Gasteiger partial charge < -0.3 is 9.26 Å². The van der Waals surface area contributed by atoms with Gasteiger partial charge in [-0.2, -0.15) is 27.7 Å². The van der Waals surface area contributed by atoms with Gasteiger partial charge in [-0.05, 0) is 36.8 Å². The fourth-order valence-electron chi connectivity index (χ4n) is 3.07. The van der Waals surface area contributed by atoms with Crippen molar-refractivity contribution in [3.63, 3.8) is 0 Å². The van der Waals surface area contributed by atoms with E-state index in [1.165, 1.54) is 46.9 Å². The van der Waals surface area contributed by atoms with Crippen LogP contribution in [0.2, 0.25) is 0 Å². The summed E-state index contributed by atoms with van der Waals surface area (Å²) in [6.45, 7) is 0.347. The maximum Gasteiger partial charge on any atom is 0.471 e. The van der Waals surface area contributed by atoms with Crippen molar-refractivity contribution >= 4 is 10.0 Å². The monoisotopic (exact) mass is 465 g/mol. The van der Waals surface area contributed by atoms with Crippen molar-refractivity contribution in [3.8, 4) is 23.3 Å². The largest absolute Gasteiger partial charge is 0.473 e. The van der Waals surface area contributed by atoms with Crippen molar-refractivity contribution in [3.05, 3.63) is 54.0 Å². The Bertz CT molecular complexity index is 1250. The molecule has 0 N–H and O–H groups in total. The first kappa shape index (κ1) is 21.7. The van der Waals surface area contributed by atoms with Gasteiger partial charge >= 0.3 is 12.1 Å². The van der Waals surface area contributed by atoms with Crippen LogP contribution in [0.15, 0.2) is 52.0 Å². The average molecular weight is 465 g/mol. The van der Waals surface area contributed by atoms with E-state index in [0.29, 0.717) is 12.0 Å². The summed E-state index contributed by atoms with van der Waals surface area (Å²) in [4.78, 5) is 7.40. The number of rotatable bonds is 5. The molecule has 0 bridgehead atoms. The minimum absolute atomic E-state index is 0.0815. The van der Waals surface area contributed by atoms with E-state index in [1.807, 2.05) is 6.07 Å². The Labute approximate surface area is 180 Å². The zero-order valence-electron chi connectivity index (χ0n) is 16.2. The first-order valence-electron chi connectivity index (χ1n) is 9.21. The van der Waals surface area contributed by atoms with Gasteiger partial charge in [0.2, 0.25) is 21.7 Å². The van der Waals surface area contributed by atoms with E-state index in [0.717, 1.165) is 0 Å². The van der Waals surface area contributed by atoms with Crippen LogP contribution in [0.4, 0.5) is 13.2 Å². The number of nitriles is 1. The Hall–Kier alpha value is -3.50. The van der Waals surface area contributed by atoms with Gasteiger partial charge in [0.25, 0.3) is 0 Å². The minimum Gasteiger partial charge on any atom is -0.473 e. The predicted molar refractivity (Wildman–Crippen MR) is 101 cm³/mol. The molecule has 0 radical (unpaired) electrons. The molecule has 0 spiro atoms. The maximum absolute atomic E-state index is 12.8. The summed E-state index contributed by atoms with van der Waals surface area (Å²) >= 11 is 0. The summed E-state index contributed by atoms with van der Waals surface area (Å²) in [7, 11) is -3.74. The van der Waals surface area contributed by atoms with Gasteiger partial charge in [-0.1, -0.05) is 5.16 Å². The molecule has 9 nitrogen and oxygen atoms in total. The third-order valence-corrected chi connectivity index (χ3v) is 6.56. The van der Waals surface area contributed by atoms with Crippen LogP contribution in [0, 0.1) is 11.3 Å². The molecule has 3 aromatic rings. The summed E-state index contributed by atoms with van der Waals surface area (Å²) in [5.74, 6) is -1.55. The number of nitrogens with zero attached hydrogens (tertiary/aromatic N) is 5. The van der Waals surface area contributed by atoms with E-state index in [9.17, 15) is 21.6 Å². The fourth-order valence-corrected chi connectivity index (χ4v) is 4.56. The number of aromatic nitrogens is 3. The van der Waals surface area contributed by atoms with Gasteiger partial charge in [-0.15, -0.1) is 0 Å². The molecule has 3 heterocycles. The standard InChI is InChI=1S/C19H14F3N5O4S/c20-19(21,22)18-25-17(26-31-18)13-3-6-16(24-10-13)30-14-7-8-27(11-14)32(28,29)15-4-1-12(9-23)2-5-15/h1-6,10,14H,7-8,11H2/t14-/m1/s1. The molecule has 1 atom stereocenters. The van der Waals surface area contributed by atoms with E-state index in [1.54, 1.807) is 0 Å². The number of pyridine rings is 1. The Morgan fingerprint density at radius 2 is 1.94 bits per heavy atom. The number of ether oxygens (including phenoxy) is 1. The van der Waals surface area contributed by atoms with E-state index in [-0.39, 0.29) is 35.3 Å². The van der Waals surface area contributed by atoms with Crippen molar-refractivity contribution in [1.82, 2.24) is 19.4 Å².